The fraction of sp³-hybridized carbons (Fsp3) is 0.909. The second-order valence-electron chi connectivity index (χ2n) is 4.07. The number of carbonyl (C=O) groups excluding carboxylic acids is 1. The SMILES string of the molecule is CCOCC(=O)NCC1CCCC1CO. The van der Waals surface area contributed by atoms with E-state index < -0.39 is 0 Å². The topological polar surface area (TPSA) is 58.6 Å². The van der Waals surface area contributed by atoms with Gasteiger partial charge in [-0.15, -0.1) is 0 Å². The lowest BCUT2D eigenvalue weighted by molar-refractivity contribution is -0.125. The molecule has 4 heteroatoms. The first-order chi connectivity index (χ1) is 7.27. The molecule has 1 saturated carbocycles. The normalized spacial score (nSPS) is 25.5. The standard InChI is InChI=1S/C11H21NO3/c1-2-15-8-11(14)12-6-9-4-3-5-10(9)7-13/h9-10,13H,2-8H2,1H3,(H,12,14). The Kier molecular flexibility index (Phi) is 5.65. The third-order valence-electron chi connectivity index (χ3n) is 3.05. The van der Waals surface area contributed by atoms with Crippen molar-refractivity contribution in [2.45, 2.75) is 26.2 Å². The Hall–Kier alpha value is -0.610. The smallest absolute Gasteiger partial charge is 0.246 e. The number of carbonyl (C=O) groups is 1. The van der Waals surface area contributed by atoms with Crippen LogP contribution in [0, 0.1) is 11.8 Å². The highest BCUT2D eigenvalue weighted by Gasteiger charge is 2.26. The van der Waals surface area contributed by atoms with Gasteiger partial charge in [0.05, 0.1) is 0 Å². The van der Waals surface area contributed by atoms with Crippen LogP contribution < -0.4 is 5.32 Å². The number of hydrogen-bond donors (Lipinski definition) is 2. The molecule has 2 unspecified atom stereocenters. The van der Waals surface area contributed by atoms with Crippen molar-refractivity contribution in [3.05, 3.63) is 0 Å². The Morgan fingerprint density at radius 3 is 2.87 bits per heavy atom. The number of nitrogens with one attached hydrogen (secondary N) is 1. The molecule has 4 nitrogen and oxygen atoms in total. The summed E-state index contributed by atoms with van der Waals surface area (Å²) in [5.74, 6) is 0.762. The average molecular weight is 215 g/mol. The van der Waals surface area contributed by atoms with E-state index >= 15 is 0 Å². The molecular weight excluding hydrogens is 194 g/mol. The van der Waals surface area contributed by atoms with Gasteiger partial charge in [0.25, 0.3) is 0 Å². The summed E-state index contributed by atoms with van der Waals surface area (Å²) in [7, 11) is 0. The van der Waals surface area contributed by atoms with Crippen molar-refractivity contribution in [1.82, 2.24) is 5.32 Å². The molecule has 2 N–H and O–H groups in total. The van der Waals surface area contributed by atoms with Crippen molar-refractivity contribution in [3.63, 3.8) is 0 Å². The van der Waals surface area contributed by atoms with Crippen LogP contribution in [0.5, 0.6) is 0 Å². The van der Waals surface area contributed by atoms with Crippen LogP contribution in [0.2, 0.25) is 0 Å². The lowest BCUT2D eigenvalue weighted by atomic mass is 9.97. The molecule has 2 atom stereocenters. The molecular formula is C11H21NO3. The second-order valence-corrected chi connectivity index (χ2v) is 4.07. The van der Waals surface area contributed by atoms with Crippen LogP contribution in [-0.2, 0) is 9.53 Å². The van der Waals surface area contributed by atoms with Gasteiger partial charge in [0, 0.05) is 19.8 Å². The first-order valence-electron chi connectivity index (χ1n) is 5.73. The maximum atomic E-state index is 11.3. The van der Waals surface area contributed by atoms with E-state index in [1.165, 1.54) is 0 Å². The second kappa shape index (κ2) is 6.80. The monoisotopic (exact) mass is 215 g/mol. The Morgan fingerprint density at radius 1 is 1.47 bits per heavy atom. The number of ether oxygens (including phenoxy) is 1. The Morgan fingerprint density at radius 2 is 2.20 bits per heavy atom. The molecule has 1 amide bonds. The van der Waals surface area contributed by atoms with Crippen molar-refractivity contribution in [1.29, 1.82) is 0 Å². The van der Waals surface area contributed by atoms with E-state index in [4.69, 9.17) is 9.84 Å². The van der Waals surface area contributed by atoms with Crippen molar-refractivity contribution in [2.75, 3.05) is 26.4 Å². The molecule has 0 saturated heterocycles. The molecule has 0 spiro atoms. The Labute approximate surface area is 91.0 Å². The summed E-state index contributed by atoms with van der Waals surface area (Å²) in [6, 6.07) is 0. The summed E-state index contributed by atoms with van der Waals surface area (Å²) in [4.78, 5) is 11.3. The molecule has 0 radical (unpaired) electrons. The van der Waals surface area contributed by atoms with E-state index in [9.17, 15) is 4.79 Å². The van der Waals surface area contributed by atoms with Gasteiger partial charge in [-0.2, -0.15) is 0 Å². The van der Waals surface area contributed by atoms with Crippen LogP contribution in [0.15, 0.2) is 0 Å². The lowest BCUT2D eigenvalue weighted by Crippen LogP contribution is -2.34. The zero-order valence-corrected chi connectivity index (χ0v) is 9.37. The van der Waals surface area contributed by atoms with E-state index in [0.717, 1.165) is 19.3 Å². The van der Waals surface area contributed by atoms with Crippen LogP contribution in [0.1, 0.15) is 26.2 Å². The first-order valence-corrected chi connectivity index (χ1v) is 5.73. The van der Waals surface area contributed by atoms with Crippen LogP contribution in [-0.4, -0.2) is 37.4 Å². The van der Waals surface area contributed by atoms with E-state index in [2.05, 4.69) is 5.32 Å². The van der Waals surface area contributed by atoms with Crippen molar-refractivity contribution >= 4 is 5.91 Å². The summed E-state index contributed by atoms with van der Waals surface area (Å²) in [6.07, 6.45) is 3.36. The third kappa shape index (κ3) is 4.18. The fourth-order valence-corrected chi connectivity index (χ4v) is 2.11. The van der Waals surface area contributed by atoms with Crippen molar-refractivity contribution in [3.8, 4) is 0 Å². The van der Waals surface area contributed by atoms with Gasteiger partial charge in [0.1, 0.15) is 6.61 Å². The molecule has 0 aromatic carbocycles. The summed E-state index contributed by atoms with van der Waals surface area (Å²) >= 11 is 0. The maximum absolute atomic E-state index is 11.3. The summed E-state index contributed by atoms with van der Waals surface area (Å²) < 4.78 is 5.00. The summed E-state index contributed by atoms with van der Waals surface area (Å²) in [6.45, 7) is 3.50. The van der Waals surface area contributed by atoms with Crippen LogP contribution in [0.4, 0.5) is 0 Å². The molecule has 0 aromatic heterocycles. The predicted octanol–water partition coefficient (Wildman–Crippen LogP) is 0.548. The van der Waals surface area contributed by atoms with Crippen LogP contribution in [0.25, 0.3) is 0 Å². The van der Waals surface area contributed by atoms with Gasteiger partial charge in [-0.3, -0.25) is 4.79 Å². The van der Waals surface area contributed by atoms with E-state index in [1.54, 1.807) is 0 Å². The predicted molar refractivity (Wildman–Crippen MR) is 57.4 cm³/mol. The first kappa shape index (κ1) is 12.5. The van der Waals surface area contributed by atoms with Crippen LogP contribution >= 0.6 is 0 Å². The van der Waals surface area contributed by atoms with Crippen molar-refractivity contribution in [2.24, 2.45) is 11.8 Å². The quantitative estimate of drug-likeness (QED) is 0.680. The number of hydrogen-bond acceptors (Lipinski definition) is 3. The summed E-state index contributed by atoms with van der Waals surface area (Å²) in [5, 5.41) is 12.0. The minimum atomic E-state index is -0.0551. The van der Waals surface area contributed by atoms with Gasteiger partial charge in [-0.05, 0) is 31.6 Å². The molecule has 0 aromatic rings. The van der Waals surface area contributed by atoms with Crippen molar-refractivity contribution < 1.29 is 14.6 Å². The van der Waals surface area contributed by atoms with Gasteiger partial charge >= 0.3 is 0 Å². The van der Waals surface area contributed by atoms with Gasteiger partial charge in [-0.25, -0.2) is 0 Å². The van der Waals surface area contributed by atoms with Gasteiger partial charge in [0.2, 0.25) is 5.91 Å². The van der Waals surface area contributed by atoms with E-state index in [0.29, 0.717) is 25.0 Å². The number of aliphatic hydroxyl groups is 1. The molecule has 1 fully saturated rings. The third-order valence-corrected chi connectivity index (χ3v) is 3.05. The molecule has 15 heavy (non-hydrogen) atoms. The maximum Gasteiger partial charge on any atom is 0.246 e. The minimum absolute atomic E-state index is 0.0551. The minimum Gasteiger partial charge on any atom is -0.396 e. The zero-order chi connectivity index (χ0) is 11.1. The lowest BCUT2D eigenvalue weighted by Gasteiger charge is -2.17. The largest absolute Gasteiger partial charge is 0.396 e. The highest BCUT2D eigenvalue weighted by molar-refractivity contribution is 5.77. The number of aliphatic hydroxyl groups excluding tert-OH is 1. The average Bonchev–Trinajstić information content (AvgIpc) is 2.70. The molecule has 0 aliphatic heterocycles. The van der Waals surface area contributed by atoms with E-state index in [1.807, 2.05) is 6.92 Å². The zero-order valence-electron chi connectivity index (χ0n) is 9.37. The number of amides is 1. The molecule has 1 rings (SSSR count). The Bertz CT molecular complexity index is 196. The number of rotatable bonds is 6. The highest BCUT2D eigenvalue weighted by atomic mass is 16.5. The Balaban J connectivity index is 2.15. The van der Waals surface area contributed by atoms with E-state index in [-0.39, 0.29) is 19.1 Å². The molecule has 0 bridgehead atoms. The summed E-state index contributed by atoms with van der Waals surface area (Å²) in [5.41, 5.74) is 0. The molecule has 88 valence electrons. The van der Waals surface area contributed by atoms with Gasteiger partial charge in [0.15, 0.2) is 0 Å². The molecule has 1 aliphatic carbocycles. The fourth-order valence-electron chi connectivity index (χ4n) is 2.11. The highest BCUT2D eigenvalue weighted by Crippen LogP contribution is 2.30. The van der Waals surface area contributed by atoms with Crippen LogP contribution in [0.3, 0.4) is 0 Å². The molecule has 0 heterocycles. The van der Waals surface area contributed by atoms with Gasteiger partial charge in [-0.1, -0.05) is 6.42 Å². The van der Waals surface area contributed by atoms with Gasteiger partial charge < -0.3 is 15.2 Å². The molecule has 1 aliphatic rings.